The summed E-state index contributed by atoms with van der Waals surface area (Å²) in [6.07, 6.45) is 2.95. The molecule has 0 atom stereocenters. The van der Waals surface area contributed by atoms with E-state index in [9.17, 15) is 9.59 Å². The maximum atomic E-state index is 11.9. The molecule has 0 aliphatic heterocycles. The van der Waals surface area contributed by atoms with Crippen LogP contribution < -0.4 is 10.1 Å². The molecule has 0 spiro atoms. The molecule has 0 unspecified atom stereocenters. The van der Waals surface area contributed by atoms with Gasteiger partial charge in [0.2, 0.25) is 0 Å². The van der Waals surface area contributed by atoms with Gasteiger partial charge in [0.15, 0.2) is 6.61 Å². The summed E-state index contributed by atoms with van der Waals surface area (Å²) < 4.78 is 10.6. The summed E-state index contributed by atoms with van der Waals surface area (Å²) in [5, 5.41) is 4.58. The molecule has 1 N–H and O–H groups in total. The number of nitrogens with one attached hydrogen (secondary N) is 1. The van der Waals surface area contributed by atoms with Crippen molar-refractivity contribution in [1.29, 1.82) is 0 Å². The lowest BCUT2D eigenvalue weighted by atomic mass is 10.3. The lowest BCUT2D eigenvalue weighted by Crippen LogP contribution is -2.20. The highest BCUT2D eigenvalue weighted by atomic mass is 32.1. The molecule has 2 aromatic carbocycles. The molecule has 27 heavy (non-hydrogen) atoms. The molecule has 3 aromatic rings. The summed E-state index contributed by atoms with van der Waals surface area (Å²) in [6, 6.07) is 20.1. The first-order valence-electron chi connectivity index (χ1n) is 8.20. The predicted molar refractivity (Wildman–Crippen MR) is 106 cm³/mol. The molecule has 3 rings (SSSR count). The second-order valence-electron chi connectivity index (χ2n) is 5.44. The zero-order chi connectivity index (χ0) is 18.9. The molecule has 0 aliphatic carbocycles. The van der Waals surface area contributed by atoms with E-state index >= 15 is 0 Å². The van der Waals surface area contributed by atoms with Gasteiger partial charge in [-0.05, 0) is 53.9 Å². The summed E-state index contributed by atoms with van der Waals surface area (Å²) in [4.78, 5) is 24.4. The molecule has 1 amide bonds. The van der Waals surface area contributed by atoms with Gasteiger partial charge in [0.05, 0.1) is 0 Å². The Morgan fingerprint density at radius 2 is 1.67 bits per heavy atom. The van der Waals surface area contributed by atoms with E-state index in [0.717, 1.165) is 10.6 Å². The third-order valence-electron chi connectivity index (χ3n) is 3.39. The molecule has 6 heteroatoms. The molecule has 136 valence electrons. The second kappa shape index (κ2) is 9.35. The number of benzene rings is 2. The first-order chi connectivity index (χ1) is 13.2. The third kappa shape index (κ3) is 6.13. The molecule has 0 aliphatic rings. The van der Waals surface area contributed by atoms with Gasteiger partial charge >= 0.3 is 5.97 Å². The van der Waals surface area contributed by atoms with Crippen LogP contribution >= 0.6 is 11.3 Å². The first-order valence-corrected chi connectivity index (χ1v) is 9.08. The number of anilines is 1. The monoisotopic (exact) mass is 379 g/mol. The summed E-state index contributed by atoms with van der Waals surface area (Å²) in [6.45, 7) is -0.351. The Morgan fingerprint density at radius 3 is 2.37 bits per heavy atom. The van der Waals surface area contributed by atoms with Gasteiger partial charge in [0.25, 0.3) is 5.91 Å². The van der Waals surface area contributed by atoms with Gasteiger partial charge in [0.1, 0.15) is 11.5 Å². The van der Waals surface area contributed by atoms with Crippen molar-refractivity contribution in [3.63, 3.8) is 0 Å². The SMILES string of the molecule is O=C(COC(=O)/C=C/c1cccs1)Nc1ccc(Oc2ccccc2)cc1. The van der Waals surface area contributed by atoms with Gasteiger partial charge in [-0.15, -0.1) is 11.3 Å². The number of amides is 1. The molecular weight excluding hydrogens is 362 g/mol. The van der Waals surface area contributed by atoms with Gasteiger partial charge in [-0.2, -0.15) is 0 Å². The van der Waals surface area contributed by atoms with Crippen LogP contribution in [0.3, 0.4) is 0 Å². The molecule has 0 saturated heterocycles. The largest absolute Gasteiger partial charge is 0.457 e. The zero-order valence-electron chi connectivity index (χ0n) is 14.3. The molecule has 5 nitrogen and oxygen atoms in total. The van der Waals surface area contributed by atoms with E-state index in [4.69, 9.17) is 9.47 Å². The number of para-hydroxylation sites is 1. The Hall–Kier alpha value is -3.38. The Balaban J connectivity index is 1.44. The fraction of sp³-hybridized carbons (Fsp3) is 0.0476. The van der Waals surface area contributed by atoms with Crippen LogP contribution in [0, 0.1) is 0 Å². The van der Waals surface area contributed by atoms with Crippen molar-refractivity contribution in [3.8, 4) is 11.5 Å². The molecule has 1 heterocycles. The van der Waals surface area contributed by atoms with Crippen LogP contribution in [-0.2, 0) is 14.3 Å². The van der Waals surface area contributed by atoms with Crippen molar-refractivity contribution in [2.24, 2.45) is 0 Å². The molecule has 0 saturated carbocycles. The summed E-state index contributed by atoms with van der Waals surface area (Å²) in [5.41, 5.74) is 0.589. The lowest BCUT2D eigenvalue weighted by Gasteiger charge is -2.08. The minimum absolute atomic E-state index is 0.351. The molecule has 0 radical (unpaired) electrons. The van der Waals surface area contributed by atoms with E-state index in [1.54, 1.807) is 30.3 Å². The minimum Gasteiger partial charge on any atom is -0.457 e. The Bertz CT molecular complexity index is 903. The van der Waals surface area contributed by atoms with E-state index in [1.807, 2.05) is 47.8 Å². The number of ether oxygens (including phenoxy) is 2. The average molecular weight is 379 g/mol. The first kappa shape index (κ1) is 18.4. The minimum atomic E-state index is -0.565. The van der Waals surface area contributed by atoms with Crippen LogP contribution in [0.15, 0.2) is 78.2 Å². The van der Waals surface area contributed by atoms with Crippen molar-refractivity contribution in [2.45, 2.75) is 0 Å². The van der Waals surface area contributed by atoms with Crippen LogP contribution in [0.2, 0.25) is 0 Å². The van der Waals surface area contributed by atoms with Crippen molar-refractivity contribution < 1.29 is 19.1 Å². The van der Waals surface area contributed by atoms with E-state index in [0.29, 0.717) is 11.4 Å². The van der Waals surface area contributed by atoms with Gasteiger partial charge in [0, 0.05) is 16.6 Å². The summed E-state index contributed by atoms with van der Waals surface area (Å²) in [7, 11) is 0. The zero-order valence-corrected chi connectivity index (χ0v) is 15.1. The van der Waals surface area contributed by atoms with E-state index in [2.05, 4.69) is 5.32 Å². The number of hydrogen-bond donors (Lipinski definition) is 1. The summed E-state index contributed by atoms with van der Waals surface area (Å²) in [5.74, 6) is 0.413. The number of esters is 1. The Morgan fingerprint density at radius 1 is 0.926 bits per heavy atom. The fourth-order valence-electron chi connectivity index (χ4n) is 2.15. The average Bonchev–Trinajstić information content (AvgIpc) is 3.21. The molecule has 1 aromatic heterocycles. The van der Waals surface area contributed by atoms with Gasteiger partial charge in [-0.3, -0.25) is 4.79 Å². The highest BCUT2D eigenvalue weighted by Gasteiger charge is 2.06. The Labute approximate surface area is 160 Å². The molecule has 0 fully saturated rings. The van der Waals surface area contributed by atoms with Crippen LogP contribution in [0.1, 0.15) is 4.88 Å². The molecule has 0 bridgehead atoms. The van der Waals surface area contributed by atoms with Gasteiger partial charge in [-0.1, -0.05) is 24.3 Å². The van der Waals surface area contributed by atoms with Crippen LogP contribution in [0.25, 0.3) is 6.08 Å². The highest BCUT2D eigenvalue weighted by Crippen LogP contribution is 2.22. The maximum Gasteiger partial charge on any atom is 0.331 e. The van der Waals surface area contributed by atoms with E-state index in [1.165, 1.54) is 17.4 Å². The maximum absolute atomic E-state index is 11.9. The standard InChI is InChI=1S/C21H17NO4S/c23-20(15-25-21(24)13-12-19-7-4-14-27-19)22-16-8-10-18(11-9-16)26-17-5-2-1-3-6-17/h1-14H,15H2,(H,22,23)/b13-12+. The van der Waals surface area contributed by atoms with E-state index in [-0.39, 0.29) is 6.61 Å². The highest BCUT2D eigenvalue weighted by molar-refractivity contribution is 7.10. The van der Waals surface area contributed by atoms with Crippen molar-refractivity contribution in [1.82, 2.24) is 0 Å². The van der Waals surface area contributed by atoms with Crippen LogP contribution in [-0.4, -0.2) is 18.5 Å². The Kier molecular flexibility index (Phi) is 6.38. The van der Waals surface area contributed by atoms with E-state index < -0.39 is 11.9 Å². The second-order valence-corrected chi connectivity index (χ2v) is 6.42. The number of thiophene rings is 1. The van der Waals surface area contributed by atoms with Crippen LogP contribution in [0.4, 0.5) is 5.69 Å². The van der Waals surface area contributed by atoms with Crippen molar-refractivity contribution in [3.05, 3.63) is 83.1 Å². The third-order valence-corrected chi connectivity index (χ3v) is 4.23. The number of carbonyl (C=O) groups is 2. The number of carbonyl (C=O) groups excluding carboxylic acids is 2. The summed E-state index contributed by atoms with van der Waals surface area (Å²) >= 11 is 1.51. The van der Waals surface area contributed by atoms with Crippen molar-refractivity contribution in [2.75, 3.05) is 11.9 Å². The number of hydrogen-bond acceptors (Lipinski definition) is 5. The predicted octanol–water partition coefficient (Wildman–Crippen LogP) is 4.74. The normalized spacial score (nSPS) is 10.5. The number of rotatable bonds is 7. The quantitative estimate of drug-likeness (QED) is 0.476. The molecular formula is C21H17NO4S. The fourth-order valence-corrected chi connectivity index (χ4v) is 2.77. The smallest absolute Gasteiger partial charge is 0.331 e. The lowest BCUT2D eigenvalue weighted by molar-refractivity contribution is -0.142. The van der Waals surface area contributed by atoms with Crippen molar-refractivity contribution >= 4 is 35.0 Å². The van der Waals surface area contributed by atoms with Crippen LogP contribution in [0.5, 0.6) is 11.5 Å². The van der Waals surface area contributed by atoms with Gasteiger partial charge < -0.3 is 14.8 Å². The van der Waals surface area contributed by atoms with Gasteiger partial charge in [-0.25, -0.2) is 4.79 Å². The topological polar surface area (TPSA) is 64.6 Å².